The molecule has 1 aromatic carbocycles. The maximum absolute atomic E-state index is 11.1. The van der Waals surface area contributed by atoms with Crippen LogP contribution in [0.5, 0.6) is 5.75 Å². The minimum atomic E-state index is -0.637. The molecule has 0 fully saturated rings. The molecule has 0 amide bonds. The molecule has 0 spiro atoms. The molecule has 0 aliphatic rings. The molecule has 0 atom stereocenters. The van der Waals surface area contributed by atoms with Crippen LogP contribution in [0.25, 0.3) is 0 Å². The number of nitrogens with two attached hydrogens (primary N) is 1. The molecule has 5 N–H and O–H groups in total. The van der Waals surface area contributed by atoms with E-state index in [2.05, 4.69) is 4.98 Å². The Labute approximate surface area is 95.1 Å². The van der Waals surface area contributed by atoms with Crippen LogP contribution in [0.15, 0.2) is 39.9 Å². The highest BCUT2D eigenvalue weighted by Gasteiger charge is 2.06. The third kappa shape index (κ3) is 2.34. The highest BCUT2D eigenvalue weighted by atomic mass is 16.3. The molecule has 1 heterocycles. The molecule has 7 heteroatoms. The number of hydrogen-bond acceptors (Lipinski definition) is 5. The van der Waals surface area contributed by atoms with Crippen LogP contribution >= 0.6 is 0 Å². The van der Waals surface area contributed by atoms with Gasteiger partial charge >= 0.3 is 5.69 Å². The van der Waals surface area contributed by atoms with Gasteiger partial charge in [0.2, 0.25) is 0 Å². The highest BCUT2D eigenvalue weighted by molar-refractivity contribution is 5.58. The van der Waals surface area contributed by atoms with Crippen LogP contribution in [0.4, 0.5) is 11.5 Å². The van der Waals surface area contributed by atoms with Gasteiger partial charge in [0.15, 0.2) is 0 Å². The summed E-state index contributed by atoms with van der Waals surface area (Å²) in [4.78, 5) is 26.6. The number of hydrazine groups is 1. The lowest BCUT2D eigenvalue weighted by Crippen LogP contribution is -2.31. The van der Waals surface area contributed by atoms with Gasteiger partial charge in [0.25, 0.3) is 5.56 Å². The normalized spacial score (nSPS) is 10.2. The molecule has 0 saturated heterocycles. The number of anilines is 2. The van der Waals surface area contributed by atoms with Gasteiger partial charge < -0.3 is 5.11 Å². The molecule has 7 nitrogen and oxygen atoms in total. The zero-order chi connectivity index (χ0) is 12.4. The fourth-order valence-corrected chi connectivity index (χ4v) is 1.34. The summed E-state index contributed by atoms with van der Waals surface area (Å²) < 4.78 is 0. The first-order valence-electron chi connectivity index (χ1n) is 4.74. The van der Waals surface area contributed by atoms with E-state index in [9.17, 15) is 9.59 Å². The van der Waals surface area contributed by atoms with Crippen LogP contribution < -0.4 is 22.1 Å². The van der Waals surface area contributed by atoms with Gasteiger partial charge in [-0.25, -0.2) is 10.6 Å². The first-order chi connectivity index (χ1) is 8.06. The van der Waals surface area contributed by atoms with Crippen LogP contribution in [0, 0.1) is 0 Å². The first kappa shape index (κ1) is 11.0. The van der Waals surface area contributed by atoms with Crippen molar-refractivity contribution in [3.63, 3.8) is 0 Å². The number of nitrogens with one attached hydrogen (secondary N) is 2. The third-order valence-corrected chi connectivity index (χ3v) is 2.13. The molecule has 0 bridgehead atoms. The Bertz CT molecular complexity index is 601. The van der Waals surface area contributed by atoms with Gasteiger partial charge in [-0.1, -0.05) is 0 Å². The molecule has 0 aliphatic heterocycles. The first-order valence-corrected chi connectivity index (χ1v) is 4.74. The standard InChI is InChI=1S/C10H10N4O3/c11-14(6-1-3-7(15)4-2-6)8-5-9(16)13-10(17)12-8/h1-5,15H,11H2,(H2,12,13,16,17). The number of rotatable bonds is 2. The van der Waals surface area contributed by atoms with E-state index in [1.807, 2.05) is 4.98 Å². The smallest absolute Gasteiger partial charge is 0.327 e. The molecule has 1 aromatic heterocycles. The molecule has 0 unspecified atom stereocenters. The predicted octanol–water partition coefficient (Wildman–Crippen LogP) is -0.219. The molecule has 0 aliphatic carbocycles. The van der Waals surface area contributed by atoms with E-state index in [1.165, 1.54) is 12.1 Å². The van der Waals surface area contributed by atoms with E-state index in [0.29, 0.717) is 5.69 Å². The Morgan fingerprint density at radius 2 is 1.76 bits per heavy atom. The van der Waals surface area contributed by atoms with Crippen LogP contribution in [0.2, 0.25) is 0 Å². The molecule has 0 radical (unpaired) electrons. The second kappa shape index (κ2) is 4.14. The van der Waals surface area contributed by atoms with E-state index >= 15 is 0 Å². The van der Waals surface area contributed by atoms with Crippen LogP contribution in [0.1, 0.15) is 0 Å². The Balaban J connectivity index is 2.43. The number of hydrogen-bond donors (Lipinski definition) is 4. The molecular formula is C10H10N4O3. The number of H-pyrrole nitrogens is 2. The van der Waals surface area contributed by atoms with Gasteiger partial charge in [0.05, 0.1) is 5.69 Å². The SMILES string of the molecule is NN(c1ccc(O)cc1)c1cc(=O)[nH]c(=O)[nH]1. The number of phenols is 1. The van der Waals surface area contributed by atoms with Crippen molar-refractivity contribution >= 4 is 11.5 Å². The average molecular weight is 234 g/mol. The fraction of sp³-hybridized carbons (Fsp3) is 0. The second-order valence-corrected chi connectivity index (χ2v) is 3.36. The van der Waals surface area contributed by atoms with Crippen molar-refractivity contribution in [3.8, 4) is 5.75 Å². The molecular weight excluding hydrogens is 224 g/mol. The molecule has 17 heavy (non-hydrogen) atoms. The maximum Gasteiger partial charge on any atom is 0.327 e. The lowest BCUT2D eigenvalue weighted by atomic mass is 10.3. The molecule has 2 rings (SSSR count). The monoisotopic (exact) mass is 234 g/mol. The largest absolute Gasteiger partial charge is 0.508 e. The average Bonchev–Trinajstić information content (AvgIpc) is 2.28. The molecule has 0 saturated carbocycles. The van der Waals surface area contributed by atoms with Crippen molar-refractivity contribution in [3.05, 3.63) is 51.2 Å². The van der Waals surface area contributed by atoms with E-state index in [1.54, 1.807) is 12.1 Å². The lowest BCUT2D eigenvalue weighted by molar-refractivity contribution is 0.475. The van der Waals surface area contributed by atoms with Crippen molar-refractivity contribution in [1.29, 1.82) is 0 Å². The van der Waals surface area contributed by atoms with Crippen LogP contribution in [0.3, 0.4) is 0 Å². The van der Waals surface area contributed by atoms with E-state index < -0.39 is 11.2 Å². The third-order valence-electron chi connectivity index (χ3n) is 2.13. The van der Waals surface area contributed by atoms with E-state index in [-0.39, 0.29) is 11.6 Å². The Morgan fingerprint density at radius 3 is 2.35 bits per heavy atom. The van der Waals surface area contributed by atoms with Gasteiger partial charge in [-0.05, 0) is 24.3 Å². The molecule has 88 valence electrons. The summed E-state index contributed by atoms with van der Waals surface area (Å²) >= 11 is 0. The number of phenolic OH excluding ortho intramolecular Hbond substituents is 1. The van der Waals surface area contributed by atoms with Crippen molar-refractivity contribution in [1.82, 2.24) is 9.97 Å². The van der Waals surface area contributed by atoms with Crippen molar-refractivity contribution in [2.75, 3.05) is 5.01 Å². The number of benzene rings is 1. The number of aromatic nitrogens is 2. The Kier molecular flexibility index (Phi) is 2.67. The number of aromatic hydroxyl groups is 1. The van der Waals surface area contributed by atoms with Crippen molar-refractivity contribution in [2.24, 2.45) is 5.84 Å². The van der Waals surface area contributed by atoms with Crippen molar-refractivity contribution in [2.45, 2.75) is 0 Å². The predicted molar refractivity (Wildman–Crippen MR) is 62.1 cm³/mol. The zero-order valence-electron chi connectivity index (χ0n) is 8.68. The number of aromatic amines is 2. The van der Waals surface area contributed by atoms with Gasteiger partial charge in [-0.2, -0.15) is 0 Å². The van der Waals surface area contributed by atoms with E-state index in [4.69, 9.17) is 10.9 Å². The maximum atomic E-state index is 11.1. The quantitative estimate of drug-likeness (QED) is 0.423. The summed E-state index contributed by atoms with van der Waals surface area (Å²) in [6, 6.07) is 7.15. The van der Waals surface area contributed by atoms with Gasteiger partial charge in [0.1, 0.15) is 11.6 Å². The van der Waals surface area contributed by atoms with E-state index in [0.717, 1.165) is 11.1 Å². The minimum Gasteiger partial charge on any atom is -0.508 e. The Hall–Kier alpha value is -2.54. The lowest BCUT2D eigenvalue weighted by Gasteiger charge is -2.17. The zero-order valence-corrected chi connectivity index (χ0v) is 8.68. The van der Waals surface area contributed by atoms with Crippen LogP contribution in [-0.2, 0) is 0 Å². The summed E-state index contributed by atoms with van der Waals surface area (Å²) in [6.07, 6.45) is 0. The summed E-state index contributed by atoms with van der Waals surface area (Å²) in [5, 5.41) is 10.3. The van der Waals surface area contributed by atoms with Crippen LogP contribution in [-0.4, -0.2) is 15.1 Å². The van der Waals surface area contributed by atoms with Gasteiger partial charge in [-0.15, -0.1) is 0 Å². The number of nitrogens with zero attached hydrogens (tertiary/aromatic N) is 1. The summed E-state index contributed by atoms with van der Waals surface area (Å²) in [6.45, 7) is 0. The molecule has 2 aromatic rings. The summed E-state index contributed by atoms with van der Waals surface area (Å²) in [5.41, 5.74) is -0.663. The minimum absolute atomic E-state index is 0.0987. The topological polar surface area (TPSA) is 115 Å². The highest BCUT2D eigenvalue weighted by Crippen LogP contribution is 2.20. The van der Waals surface area contributed by atoms with Gasteiger partial charge in [0, 0.05) is 6.07 Å². The van der Waals surface area contributed by atoms with Crippen molar-refractivity contribution < 1.29 is 5.11 Å². The van der Waals surface area contributed by atoms with Gasteiger partial charge in [-0.3, -0.25) is 19.8 Å². The summed E-state index contributed by atoms with van der Waals surface area (Å²) in [5.74, 6) is 5.99. The Morgan fingerprint density at radius 1 is 1.12 bits per heavy atom. The fourth-order valence-electron chi connectivity index (χ4n) is 1.34. The second-order valence-electron chi connectivity index (χ2n) is 3.36. The summed E-state index contributed by atoms with van der Waals surface area (Å²) in [7, 11) is 0.